The maximum Gasteiger partial charge on any atom is 0.122 e. The van der Waals surface area contributed by atoms with Gasteiger partial charge in [0.15, 0.2) is 0 Å². The van der Waals surface area contributed by atoms with Gasteiger partial charge in [-0.1, -0.05) is 26.0 Å². The number of benzene rings is 1. The van der Waals surface area contributed by atoms with Crippen molar-refractivity contribution in [2.75, 3.05) is 20.7 Å². The Kier molecular flexibility index (Phi) is 5.83. The van der Waals surface area contributed by atoms with Crippen molar-refractivity contribution in [3.8, 4) is 5.75 Å². The lowest BCUT2D eigenvalue weighted by Crippen LogP contribution is -2.46. The summed E-state index contributed by atoms with van der Waals surface area (Å²) in [7, 11) is 3.71. The second-order valence-corrected chi connectivity index (χ2v) is 6.00. The molecule has 0 bridgehead atoms. The highest BCUT2D eigenvalue weighted by molar-refractivity contribution is 5.39. The number of likely N-dealkylation sites (N-methyl/N-ethyl adjacent to an activating group) is 1. The highest BCUT2D eigenvalue weighted by atomic mass is 16.5. The van der Waals surface area contributed by atoms with Gasteiger partial charge in [0.2, 0.25) is 0 Å². The van der Waals surface area contributed by atoms with Gasteiger partial charge in [0.05, 0.1) is 7.11 Å². The average molecular weight is 264 g/mol. The molecule has 0 spiro atoms. The van der Waals surface area contributed by atoms with Crippen LogP contribution in [0.2, 0.25) is 0 Å². The molecule has 1 rings (SSSR count). The fourth-order valence-corrected chi connectivity index (χ4v) is 2.19. The molecule has 0 atom stereocenters. The predicted molar refractivity (Wildman–Crippen MR) is 81.9 cm³/mol. The number of hydrogen-bond donors (Lipinski definition) is 2. The topological polar surface area (TPSA) is 33.3 Å². The van der Waals surface area contributed by atoms with E-state index in [1.165, 1.54) is 11.1 Å². The molecule has 0 saturated carbocycles. The zero-order valence-corrected chi connectivity index (χ0v) is 13.1. The summed E-state index contributed by atoms with van der Waals surface area (Å²) in [5.74, 6) is 1.45. The van der Waals surface area contributed by atoms with Crippen LogP contribution in [0.1, 0.15) is 44.7 Å². The van der Waals surface area contributed by atoms with Gasteiger partial charge in [-0.15, -0.1) is 0 Å². The van der Waals surface area contributed by atoms with Gasteiger partial charge in [-0.2, -0.15) is 0 Å². The van der Waals surface area contributed by atoms with E-state index < -0.39 is 0 Å². The van der Waals surface area contributed by atoms with Gasteiger partial charge in [0.1, 0.15) is 5.75 Å². The molecule has 3 heteroatoms. The summed E-state index contributed by atoms with van der Waals surface area (Å²) in [5.41, 5.74) is 2.66. The molecule has 0 aliphatic carbocycles. The molecule has 1 aromatic carbocycles. The molecule has 0 aliphatic heterocycles. The maximum absolute atomic E-state index is 5.42. The van der Waals surface area contributed by atoms with Crippen LogP contribution in [0, 0.1) is 0 Å². The van der Waals surface area contributed by atoms with E-state index in [1.807, 2.05) is 7.05 Å². The van der Waals surface area contributed by atoms with Crippen molar-refractivity contribution in [2.45, 2.75) is 45.7 Å². The number of rotatable bonds is 7. The van der Waals surface area contributed by atoms with E-state index in [1.54, 1.807) is 7.11 Å². The molecule has 0 aliphatic rings. The van der Waals surface area contributed by atoms with E-state index in [-0.39, 0.29) is 5.54 Å². The van der Waals surface area contributed by atoms with Gasteiger partial charge in [0, 0.05) is 18.6 Å². The van der Waals surface area contributed by atoms with E-state index in [0.29, 0.717) is 5.92 Å². The zero-order valence-electron chi connectivity index (χ0n) is 13.1. The number of ether oxygens (including phenoxy) is 1. The van der Waals surface area contributed by atoms with Crippen LogP contribution in [0.3, 0.4) is 0 Å². The minimum atomic E-state index is 0.0900. The Bertz CT molecular complexity index is 400. The van der Waals surface area contributed by atoms with Gasteiger partial charge in [-0.3, -0.25) is 0 Å². The van der Waals surface area contributed by atoms with Crippen molar-refractivity contribution in [1.29, 1.82) is 0 Å². The van der Waals surface area contributed by atoms with E-state index >= 15 is 0 Å². The molecule has 108 valence electrons. The van der Waals surface area contributed by atoms with E-state index in [0.717, 1.165) is 18.8 Å². The van der Waals surface area contributed by atoms with Crippen LogP contribution in [0.15, 0.2) is 18.2 Å². The van der Waals surface area contributed by atoms with Crippen LogP contribution in [0.5, 0.6) is 5.75 Å². The van der Waals surface area contributed by atoms with Crippen molar-refractivity contribution in [1.82, 2.24) is 10.6 Å². The highest BCUT2D eigenvalue weighted by Gasteiger charge is 2.16. The van der Waals surface area contributed by atoms with Crippen molar-refractivity contribution in [3.63, 3.8) is 0 Å². The molecule has 0 saturated heterocycles. The van der Waals surface area contributed by atoms with Crippen LogP contribution in [0.4, 0.5) is 0 Å². The summed E-state index contributed by atoms with van der Waals surface area (Å²) in [6, 6.07) is 6.44. The van der Waals surface area contributed by atoms with Gasteiger partial charge >= 0.3 is 0 Å². The van der Waals surface area contributed by atoms with Crippen molar-refractivity contribution in [3.05, 3.63) is 29.3 Å². The summed E-state index contributed by atoms with van der Waals surface area (Å²) in [4.78, 5) is 0. The van der Waals surface area contributed by atoms with Crippen LogP contribution >= 0.6 is 0 Å². The lowest BCUT2D eigenvalue weighted by molar-refractivity contribution is 0.373. The number of nitrogens with one attached hydrogen (secondary N) is 2. The SMILES string of the molecule is CNCC(C)(C)NCc1ccc(OC)c(C(C)C)c1. The molecule has 0 radical (unpaired) electrons. The Morgan fingerprint density at radius 1 is 1.26 bits per heavy atom. The average Bonchev–Trinajstić information content (AvgIpc) is 2.36. The fourth-order valence-electron chi connectivity index (χ4n) is 2.19. The molecule has 3 nitrogen and oxygen atoms in total. The first-order valence-corrected chi connectivity index (χ1v) is 6.96. The summed E-state index contributed by atoms with van der Waals surface area (Å²) in [5, 5.41) is 6.79. The molecule has 19 heavy (non-hydrogen) atoms. The lowest BCUT2D eigenvalue weighted by Gasteiger charge is -2.26. The second kappa shape index (κ2) is 6.92. The van der Waals surface area contributed by atoms with Crippen LogP contribution in [-0.2, 0) is 6.54 Å². The lowest BCUT2D eigenvalue weighted by atomic mass is 9.98. The molecule has 0 heterocycles. The Labute approximate surface area is 117 Å². The molecule has 2 N–H and O–H groups in total. The minimum absolute atomic E-state index is 0.0900. The molecule has 1 aromatic rings. The van der Waals surface area contributed by atoms with Gasteiger partial charge in [-0.05, 0) is 44.0 Å². The van der Waals surface area contributed by atoms with Crippen LogP contribution < -0.4 is 15.4 Å². The molecule has 0 amide bonds. The third kappa shape index (κ3) is 4.84. The number of methoxy groups -OCH3 is 1. The van der Waals surface area contributed by atoms with E-state index in [4.69, 9.17) is 4.74 Å². The monoisotopic (exact) mass is 264 g/mol. The minimum Gasteiger partial charge on any atom is -0.496 e. The quantitative estimate of drug-likeness (QED) is 0.794. The first-order valence-electron chi connectivity index (χ1n) is 6.96. The first kappa shape index (κ1) is 16.0. The summed E-state index contributed by atoms with van der Waals surface area (Å²) >= 11 is 0. The summed E-state index contributed by atoms with van der Waals surface area (Å²) < 4.78 is 5.42. The van der Waals surface area contributed by atoms with Crippen LogP contribution in [0.25, 0.3) is 0 Å². The third-order valence-electron chi connectivity index (χ3n) is 3.31. The fraction of sp³-hybridized carbons (Fsp3) is 0.625. The van der Waals surface area contributed by atoms with Gasteiger partial charge < -0.3 is 15.4 Å². The van der Waals surface area contributed by atoms with Crippen molar-refractivity contribution >= 4 is 0 Å². The predicted octanol–water partition coefficient (Wildman–Crippen LogP) is 2.91. The largest absolute Gasteiger partial charge is 0.496 e. The Morgan fingerprint density at radius 3 is 2.47 bits per heavy atom. The Hall–Kier alpha value is -1.06. The molecular formula is C16H28N2O. The van der Waals surface area contributed by atoms with Crippen LogP contribution in [-0.4, -0.2) is 26.2 Å². The standard InChI is InChI=1S/C16H28N2O/c1-12(2)14-9-13(7-8-15(14)19-6)10-18-16(3,4)11-17-5/h7-9,12,17-18H,10-11H2,1-6H3. The third-order valence-corrected chi connectivity index (χ3v) is 3.31. The van der Waals surface area contributed by atoms with Gasteiger partial charge in [0.25, 0.3) is 0 Å². The normalized spacial score (nSPS) is 11.9. The Morgan fingerprint density at radius 2 is 1.95 bits per heavy atom. The smallest absolute Gasteiger partial charge is 0.122 e. The second-order valence-electron chi connectivity index (χ2n) is 6.00. The Balaban J connectivity index is 2.77. The first-order chi connectivity index (χ1) is 8.89. The van der Waals surface area contributed by atoms with E-state index in [2.05, 4.69) is 56.5 Å². The molecular weight excluding hydrogens is 236 g/mol. The summed E-state index contributed by atoms with van der Waals surface area (Å²) in [6.07, 6.45) is 0. The van der Waals surface area contributed by atoms with Crippen molar-refractivity contribution < 1.29 is 4.74 Å². The highest BCUT2D eigenvalue weighted by Crippen LogP contribution is 2.27. The molecule has 0 unspecified atom stereocenters. The zero-order chi connectivity index (χ0) is 14.5. The molecule has 0 fully saturated rings. The molecule has 0 aromatic heterocycles. The van der Waals surface area contributed by atoms with Gasteiger partial charge in [-0.25, -0.2) is 0 Å². The summed E-state index contributed by atoms with van der Waals surface area (Å²) in [6.45, 7) is 10.6. The van der Waals surface area contributed by atoms with E-state index in [9.17, 15) is 0 Å². The van der Waals surface area contributed by atoms with Crippen molar-refractivity contribution in [2.24, 2.45) is 0 Å². The number of hydrogen-bond acceptors (Lipinski definition) is 3. The maximum atomic E-state index is 5.42.